The first kappa shape index (κ1) is 12.6. The number of aliphatic hydroxyl groups excluding tert-OH is 1. The maximum absolute atomic E-state index is 10.3. The average Bonchev–Trinajstić information content (AvgIpc) is 2.34. The van der Waals surface area contributed by atoms with Crippen LogP contribution in [0.1, 0.15) is 38.7 Å². The van der Waals surface area contributed by atoms with Gasteiger partial charge in [-0.15, -0.1) is 0 Å². The maximum atomic E-state index is 10.3. The van der Waals surface area contributed by atoms with Crippen LogP contribution in [0.5, 0.6) is 0 Å². The molecule has 0 spiro atoms. The molecular weight excluding hydrogens is 210 g/mol. The molecule has 1 aliphatic carbocycles. The van der Waals surface area contributed by atoms with Gasteiger partial charge in [-0.2, -0.15) is 0 Å². The predicted octanol–water partition coefficient (Wildman–Crippen LogP) is 3.06. The standard InChI is InChI=1S/C15H23NO/c1-11-3-4-14(9-12(11)2)15(17)10-13-5-7-16-8-6-13/h5-8,11-12,14-15,17H,3-4,9-10H2,1-2H3. The van der Waals surface area contributed by atoms with Crippen molar-refractivity contribution in [2.24, 2.45) is 17.8 Å². The molecule has 1 aliphatic rings. The third-order valence-corrected chi connectivity index (χ3v) is 4.38. The molecule has 0 saturated heterocycles. The highest BCUT2D eigenvalue weighted by molar-refractivity contribution is 5.11. The van der Waals surface area contributed by atoms with E-state index in [-0.39, 0.29) is 6.10 Å². The molecule has 1 heterocycles. The lowest BCUT2D eigenvalue weighted by molar-refractivity contribution is 0.0570. The Morgan fingerprint density at radius 2 is 1.94 bits per heavy atom. The van der Waals surface area contributed by atoms with Crippen molar-refractivity contribution in [2.45, 2.75) is 45.6 Å². The highest BCUT2D eigenvalue weighted by Crippen LogP contribution is 2.35. The van der Waals surface area contributed by atoms with Crippen molar-refractivity contribution in [2.75, 3.05) is 0 Å². The van der Waals surface area contributed by atoms with Gasteiger partial charge in [0.2, 0.25) is 0 Å². The van der Waals surface area contributed by atoms with Crippen LogP contribution in [0, 0.1) is 17.8 Å². The third-order valence-electron chi connectivity index (χ3n) is 4.38. The lowest BCUT2D eigenvalue weighted by Crippen LogP contribution is -2.30. The summed E-state index contributed by atoms with van der Waals surface area (Å²) in [5, 5.41) is 10.3. The molecule has 4 unspecified atom stereocenters. The second kappa shape index (κ2) is 5.63. The molecule has 4 atom stereocenters. The quantitative estimate of drug-likeness (QED) is 0.870. The van der Waals surface area contributed by atoms with E-state index in [1.165, 1.54) is 24.8 Å². The zero-order chi connectivity index (χ0) is 12.3. The van der Waals surface area contributed by atoms with Crippen LogP contribution in [0.2, 0.25) is 0 Å². The Balaban J connectivity index is 1.90. The van der Waals surface area contributed by atoms with Crippen molar-refractivity contribution in [1.29, 1.82) is 0 Å². The Morgan fingerprint density at radius 3 is 2.59 bits per heavy atom. The van der Waals surface area contributed by atoms with E-state index in [1.54, 1.807) is 12.4 Å². The van der Waals surface area contributed by atoms with Gasteiger partial charge in [-0.1, -0.05) is 20.3 Å². The monoisotopic (exact) mass is 233 g/mol. The fraction of sp³-hybridized carbons (Fsp3) is 0.667. The summed E-state index contributed by atoms with van der Waals surface area (Å²) in [7, 11) is 0. The van der Waals surface area contributed by atoms with E-state index in [4.69, 9.17) is 0 Å². The Morgan fingerprint density at radius 1 is 1.24 bits per heavy atom. The second-order valence-corrected chi connectivity index (χ2v) is 5.65. The maximum Gasteiger partial charge on any atom is 0.0608 e. The number of aliphatic hydroxyl groups is 1. The molecule has 0 amide bonds. The summed E-state index contributed by atoms with van der Waals surface area (Å²) in [5.74, 6) is 2.05. The van der Waals surface area contributed by atoms with Crippen LogP contribution < -0.4 is 0 Å². The van der Waals surface area contributed by atoms with E-state index in [0.29, 0.717) is 5.92 Å². The lowest BCUT2D eigenvalue weighted by atomic mass is 9.73. The first-order chi connectivity index (χ1) is 8.16. The molecule has 2 rings (SSSR count). The third kappa shape index (κ3) is 3.29. The summed E-state index contributed by atoms with van der Waals surface area (Å²) < 4.78 is 0. The molecule has 0 radical (unpaired) electrons. The molecule has 94 valence electrons. The van der Waals surface area contributed by atoms with Crippen molar-refractivity contribution in [1.82, 2.24) is 4.98 Å². The lowest BCUT2D eigenvalue weighted by Gasteiger charge is -2.34. The van der Waals surface area contributed by atoms with E-state index in [0.717, 1.165) is 18.3 Å². The van der Waals surface area contributed by atoms with Gasteiger partial charge in [-0.25, -0.2) is 0 Å². The van der Waals surface area contributed by atoms with Gasteiger partial charge in [-0.3, -0.25) is 4.98 Å². The number of pyridine rings is 1. The van der Waals surface area contributed by atoms with Gasteiger partial charge in [0.05, 0.1) is 6.10 Å². The Labute approximate surface area is 104 Å². The predicted molar refractivity (Wildman–Crippen MR) is 69.6 cm³/mol. The number of hydrogen-bond donors (Lipinski definition) is 1. The SMILES string of the molecule is CC1CCC(C(O)Cc2ccncc2)CC1C. The molecule has 0 aliphatic heterocycles. The second-order valence-electron chi connectivity index (χ2n) is 5.65. The molecule has 1 saturated carbocycles. The van der Waals surface area contributed by atoms with Crippen LogP contribution in [0.15, 0.2) is 24.5 Å². The van der Waals surface area contributed by atoms with E-state index in [1.807, 2.05) is 12.1 Å². The molecule has 0 aromatic carbocycles. The van der Waals surface area contributed by atoms with Crippen molar-refractivity contribution < 1.29 is 5.11 Å². The molecular formula is C15H23NO. The summed E-state index contributed by atoms with van der Waals surface area (Å²) >= 11 is 0. The van der Waals surface area contributed by atoms with Crippen LogP contribution in [-0.2, 0) is 6.42 Å². The average molecular weight is 233 g/mol. The molecule has 1 aromatic rings. The molecule has 2 heteroatoms. The molecule has 1 N–H and O–H groups in total. The van der Waals surface area contributed by atoms with Crippen molar-refractivity contribution >= 4 is 0 Å². The van der Waals surface area contributed by atoms with Gasteiger partial charge >= 0.3 is 0 Å². The smallest absolute Gasteiger partial charge is 0.0608 e. The zero-order valence-electron chi connectivity index (χ0n) is 10.8. The fourth-order valence-electron chi connectivity index (χ4n) is 2.87. The van der Waals surface area contributed by atoms with Gasteiger partial charge in [0.1, 0.15) is 0 Å². The molecule has 17 heavy (non-hydrogen) atoms. The minimum atomic E-state index is -0.188. The first-order valence-corrected chi connectivity index (χ1v) is 6.73. The van der Waals surface area contributed by atoms with E-state index in [2.05, 4.69) is 18.8 Å². The Kier molecular flexibility index (Phi) is 4.16. The van der Waals surface area contributed by atoms with Crippen molar-refractivity contribution in [3.05, 3.63) is 30.1 Å². The minimum absolute atomic E-state index is 0.188. The van der Waals surface area contributed by atoms with Crippen LogP contribution in [-0.4, -0.2) is 16.2 Å². The normalized spacial score (nSPS) is 31.1. The zero-order valence-corrected chi connectivity index (χ0v) is 10.8. The molecule has 0 bridgehead atoms. The van der Waals surface area contributed by atoms with Gasteiger partial charge < -0.3 is 5.11 Å². The van der Waals surface area contributed by atoms with E-state index < -0.39 is 0 Å². The van der Waals surface area contributed by atoms with E-state index in [9.17, 15) is 5.11 Å². The highest BCUT2D eigenvalue weighted by Gasteiger charge is 2.29. The largest absolute Gasteiger partial charge is 0.392 e. The summed E-state index contributed by atoms with van der Waals surface area (Å²) in [6, 6.07) is 4.00. The Bertz CT molecular complexity index is 338. The number of rotatable bonds is 3. The van der Waals surface area contributed by atoms with Crippen LogP contribution in [0.3, 0.4) is 0 Å². The van der Waals surface area contributed by atoms with Gasteiger partial charge in [0.15, 0.2) is 0 Å². The minimum Gasteiger partial charge on any atom is -0.392 e. The number of aromatic nitrogens is 1. The number of hydrogen-bond acceptors (Lipinski definition) is 2. The number of nitrogens with zero attached hydrogens (tertiary/aromatic N) is 1. The summed E-state index contributed by atoms with van der Waals surface area (Å²) in [5.41, 5.74) is 1.19. The van der Waals surface area contributed by atoms with Gasteiger partial charge in [-0.05, 0) is 54.7 Å². The Hall–Kier alpha value is -0.890. The molecule has 2 nitrogen and oxygen atoms in total. The van der Waals surface area contributed by atoms with E-state index >= 15 is 0 Å². The fourth-order valence-corrected chi connectivity index (χ4v) is 2.87. The van der Waals surface area contributed by atoms with Crippen molar-refractivity contribution in [3.63, 3.8) is 0 Å². The van der Waals surface area contributed by atoms with Crippen molar-refractivity contribution in [3.8, 4) is 0 Å². The molecule has 1 aromatic heterocycles. The summed E-state index contributed by atoms with van der Waals surface area (Å²) in [6.07, 6.45) is 7.80. The van der Waals surface area contributed by atoms with Crippen LogP contribution in [0.25, 0.3) is 0 Å². The van der Waals surface area contributed by atoms with Crippen LogP contribution in [0.4, 0.5) is 0 Å². The van der Waals surface area contributed by atoms with Crippen LogP contribution >= 0.6 is 0 Å². The molecule has 1 fully saturated rings. The first-order valence-electron chi connectivity index (χ1n) is 6.73. The summed E-state index contributed by atoms with van der Waals surface area (Å²) in [4.78, 5) is 4.01. The topological polar surface area (TPSA) is 33.1 Å². The summed E-state index contributed by atoms with van der Waals surface area (Å²) in [6.45, 7) is 4.64. The highest BCUT2D eigenvalue weighted by atomic mass is 16.3. The van der Waals surface area contributed by atoms with Gasteiger partial charge in [0.25, 0.3) is 0 Å². The van der Waals surface area contributed by atoms with Gasteiger partial charge in [0, 0.05) is 12.4 Å².